The predicted octanol–water partition coefficient (Wildman–Crippen LogP) is 4.90. The minimum atomic E-state index is -0.653. The number of methoxy groups -OCH3 is 1. The molecule has 1 aromatic heterocycles. The van der Waals surface area contributed by atoms with Crippen molar-refractivity contribution in [3.05, 3.63) is 126 Å². The SMILES string of the molecule is COC(=O)[C@H](Cc1ccc(OC(=O)c2ccccc2)cc1)n1ccc(C(=O)c2ccccc2)c1. The second-order valence-corrected chi connectivity index (χ2v) is 7.69. The third kappa shape index (κ3) is 5.30. The molecular weight excluding hydrogens is 430 g/mol. The van der Waals surface area contributed by atoms with Crippen LogP contribution < -0.4 is 4.74 Å². The van der Waals surface area contributed by atoms with Gasteiger partial charge in [-0.05, 0) is 35.9 Å². The molecule has 4 rings (SSSR count). The lowest BCUT2D eigenvalue weighted by Crippen LogP contribution is -2.22. The summed E-state index contributed by atoms with van der Waals surface area (Å²) in [6, 6.07) is 25.7. The van der Waals surface area contributed by atoms with Crippen molar-refractivity contribution in [3.63, 3.8) is 0 Å². The van der Waals surface area contributed by atoms with E-state index in [-0.39, 0.29) is 5.78 Å². The fourth-order valence-electron chi connectivity index (χ4n) is 3.60. The Morgan fingerprint density at radius 3 is 2.00 bits per heavy atom. The minimum absolute atomic E-state index is 0.118. The Bertz CT molecular complexity index is 1280. The number of ether oxygens (including phenoxy) is 2. The van der Waals surface area contributed by atoms with E-state index in [0.29, 0.717) is 28.9 Å². The fraction of sp³-hybridized carbons (Fsp3) is 0.107. The van der Waals surface area contributed by atoms with Crippen LogP contribution in [0, 0.1) is 0 Å². The number of hydrogen-bond acceptors (Lipinski definition) is 5. The van der Waals surface area contributed by atoms with E-state index in [1.165, 1.54) is 7.11 Å². The number of carbonyl (C=O) groups is 3. The lowest BCUT2D eigenvalue weighted by molar-refractivity contribution is -0.144. The molecule has 0 bridgehead atoms. The summed E-state index contributed by atoms with van der Waals surface area (Å²) in [4.78, 5) is 37.5. The largest absolute Gasteiger partial charge is 0.467 e. The molecule has 3 aromatic carbocycles. The van der Waals surface area contributed by atoms with Crippen molar-refractivity contribution in [2.24, 2.45) is 0 Å². The zero-order chi connectivity index (χ0) is 23.9. The molecule has 0 unspecified atom stereocenters. The lowest BCUT2D eigenvalue weighted by atomic mass is 10.1. The fourth-order valence-corrected chi connectivity index (χ4v) is 3.60. The molecule has 6 heteroatoms. The van der Waals surface area contributed by atoms with E-state index >= 15 is 0 Å². The van der Waals surface area contributed by atoms with Gasteiger partial charge in [-0.3, -0.25) is 4.79 Å². The zero-order valence-electron chi connectivity index (χ0n) is 18.6. The second-order valence-electron chi connectivity index (χ2n) is 7.69. The van der Waals surface area contributed by atoms with Crippen molar-refractivity contribution >= 4 is 17.7 Å². The molecular formula is C28H23NO5. The highest BCUT2D eigenvalue weighted by Gasteiger charge is 2.23. The van der Waals surface area contributed by atoms with Gasteiger partial charge in [0, 0.05) is 29.9 Å². The molecule has 0 amide bonds. The van der Waals surface area contributed by atoms with Crippen molar-refractivity contribution < 1.29 is 23.9 Å². The smallest absolute Gasteiger partial charge is 0.343 e. The Hall–Kier alpha value is -4.45. The molecule has 0 aliphatic carbocycles. The van der Waals surface area contributed by atoms with Gasteiger partial charge in [-0.15, -0.1) is 0 Å². The summed E-state index contributed by atoms with van der Waals surface area (Å²) < 4.78 is 12.1. The molecule has 0 radical (unpaired) electrons. The van der Waals surface area contributed by atoms with Gasteiger partial charge in [0.05, 0.1) is 12.7 Å². The quantitative estimate of drug-likeness (QED) is 0.216. The van der Waals surface area contributed by atoms with Gasteiger partial charge in [0.25, 0.3) is 0 Å². The average molecular weight is 453 g/mol. The highest BCUT2D eigenvalue weighted by Crippen LogP contribution is 2.22. The van der Waals surface area contributed by atoms with Gasteiger partial charge >= 0.3 is 11.9 Å². The van der Waals surface area contributed by atoms with Crippen LogP contribution in [0.25, 0.3) is 0 Å². The molecule has 0 N–H and O–H groups in total. The minimum Gasteiger partial charge on any atom is -0.467 e. The van der Waals surface area contributed by atoms with E-state index < -0.39 is 18.0 Å². The molecule has 0 saturated heterocycles. The summed E-state index contributed by atoms with van der Waals surface area (Å²) in [5, 5.41) is 0. The number of aromatic nitrogens is 1. The molecule has 0 spiro atoms. The molecule has 34 heavy (non-hydrogen) atoms. The molecule has 0 aliphatic heterocycles. The lowest BCUT2D eigenvalue weighted by Gasteiger charge is -2.17. The second kappa shape index (κ2) is 10.4. The van der Waals surface area contributed by atoms with Gasteiger partial charge in [-0.25, -0.2) is 9.59 Å². The maximum absolute atomic E-state index is 12.7. The van der Waals surface area contributed by atoms with Gasteiger partial charge in [-0.2, -0.15) is 0 Å². The molecule has 6 nitrogen and oxygen atoms in total. The van der Waals surface area contributed by atoms with Crippen LogP contribution >= 0.6 is 0 Å². The maximum Gasteiger partial charge on any atom is 0.343 e. The van der Waals surface area contributed by atoms with Crippen molar-refractivity contribution in [3.8, 4) is 5.75 Å². The number of esters is 2. The number of ketones is 1. The summed E-state index contributed by atoms with van der Waals surface area (Å²) in [5.41, 5.74) is 2.38. The molecule has 1 atom stereocenters. The normalized spacial score (nSPS) is 11.4. The van der Waals surface area contributed by atoms with Gasteiger partial charge in [0.2, 0.25) is 0 Å². The van der Waals surface area contributed by atoms with E-state index in [4.69, 9.17) is 9.47 Å². The molecule has 4 aromatic rings. The van der Waals surface area contributed by atoms with Crippen LogP contribution in [-0.4, -0.2) is 29.4 Å². The van der Waals surface area contributed by atoms with Crippen LogP contribution in [0.3, 0.4) is 0 Å². The zero-order valence-corrected chi connectivity index (χ0v) is 18.6. The highest BCUT2D eigenvalue weighted by atomic mass is 16.5. The Balaban J connectivity index is 1.48. The summed E-state index contributed by atoms with van der Waals surface area (Å²) >= 11 is 0. The standard InChI is InChI=1S/C28H23NO5/c1-33-28(32)25(29-17-16-23(19-29)26(30)21-8-4-2-5-9-21)18-20-12-14-24(15-13-20)34-27(31)22-10-6-3-7-11-22/h2-17,19,25H,18H2,1H3/t25-/m0/s1. The van der Waals surface area contributed by atoms with Crippen LogP contribution in [0.5, 0.6) is 5.75 Å². The van der Waals surface area contributed by atoms with Crippen LogP contribution in [0.4, 0.5) is 0 Å². The van der Waals surface area contributed by atoms with Gasteiger partial charge < -0.3 is 14.0 Å². The number of carbonyl (C=O) groups excluding carboxylic acids is 3. The first-order valence-electron chi connectivity index (χ1n) is 10.8. The third-order valence-electron chi connectivity index (χ3n) is 5.42. The first-order valence-corrected chi connectivity index (χ1v) is 10.8. The molecule has 0 saturated carbocycles. The van der Waals surface area contributed by atoms with Crippen LogP contribution in [0.2, 0.25) is 0 Å². The van der Waals surface area contributed by atoms with E-state index in [0.717, 1.165) is 5.56 Å². The number of nitrogens with zero attached hydrogens (tertiary/aromatic N) is 1. The Morgan fingerprint density at radius 1 is 0.765 bits per heavy atom. The number of benzene rings is 3. The molecule has 0 aliphatic rings. The molecule has 1 heterocycles. The summed E-state index contributed by atoms with van der Waals surface area (Å²) in [5.74, 6) is -0.575. The van der Waals surface area contributed by atoms with E-state index in [1.807, 2.05) is 24.3 Å². The average Bonchev–Trinajstić information content (AvgIpc) is 3.38. The third-order valence-corrected chi connectivity index (χ3v) is 5.42. The van der Waals surface area contributed by atoms with Gasteiger partial charge in [0.15, 0.2) is 5.78 Å². The van der Waals surface area contributed by atoms with Crippen LogP contribution in [0.15, 0.2) is 103 Å². The molecule has 170 valence electrons. The Morgan fingerprint density at radius 2 is 1.38 bits per heavy atom. The van der Waals surface area contributed by atoms with Crippen molar-refractivity contribution in [2.75, 3.05) is 7.11 Å². The van der Waals surface area contributed by atoms with E-state index in [9.17, 15) is 14.4 Å². The van der Waals surface area contributed by atoms with Crippen molar-refractivity contribution in [1.29, 1.82) is 0 Å². The van der Waals surface area contributed by atoms with Gasteiger partial charge in [0.1, 0.15) is 11.8 Å². The molecule has 0 fully saturated rings. The first-order chi connectivity index (χ1) is 16.5. The van der Waals surface area contributed by atoms with Crippen LogP contribution in [0.1, 0.15) is 37.9 Å². The van der Waals surface area contributed by atoms with E-state index in [1.54, 1.807) is 83.7 Å². The number of hydrogen-bond donors (Lipinski definition) is 0. The summed E-state index contributed by atoms with van der Waals surface area (Å²) in [6.07, 6.45) is 3.70. The monoisotopic (exact) mass is 453 g/mol. The maximum atomic E-state index is 12.7. The van der Waals surface area contributed by atoms with Crippen LogP contribution in [-0.2, 0) is 16.0 Å². The summed E-state index contributed by atoms with van der Waals surface area (Å²) in [6.45, 7) is 0. The Kier molecular flexibility index (Phi) is 6.98. The topological polar surface area (TPSA) is 74.6 Å². The van der Waals surface area contributed by atoms with Crippen molar-refractivity contribution in [1.82, 2.24) is 4.57 Å². The first kappa shape index (κ1) is 22.7. The number of rotatable bonds is 8. The highest BCUT2D eigenvalue weighted by molar-refractivity contribution is 6.08. The Labute approximate surface area is 197 Å². The summed E-state index contributed by atoms with van der Waals surface area (Å²) in [7, 11) is 1.33. The van der Waals surface area contributed by atoms with Crippen molar-refractivity contribution in [2.45, 2.75) is 12.5 Å². The predicted molar refractivity (Wildman–Crippen MR) is 127 cm³/mol. The van der Waals surface area contributed by atoms with E-state index in [2.05, 4.69) is 0 Å². The van der Waals surface area contributed by atoms with Gasteiger partial charge in [-0.1, -0.05) is 60.7 Å².